The summed E-state index contributed by atoms with van der Waals surface area (Å²) < 4.78 is 4.61. The molecule has 4 heteroatoms. The first-order valence-electron chi connectivity index (χ1n) is 6.02. The standard InChI is InChI=1S/C12H23NO3/c1-10-7-5-4-6-8-13(10)9-12(2,15)11(14)16-3/h10,15H,4-9H2,1-3H3. The summed E-state index contributed by atoms with van der Waals surface area (Å²) in [5.41, 5.74) is -1.40. The number of nitrogens with zero attached hydrogens (tertiary/aromatic N) is 1. The lowest BCUT2D eigenvalue weighted by molar-refractivity contribution is -0.162. The molecule has 1 saturated heterocycles. The maximum Gasteiger partial charge on any atom is 0.338 e. The second-order valence-corrected chi connectivity index (χ2v) is 4.93. The van der Waals surface area contributed by atoms with Crippen molar-refractivity contribution < 1.29 is 14.6 Å². The maximum atomic E-state index is 11.4. The Bertz CT molecular complexity index is 240. The number of methoxy groups -OCH3 is 1. The molecule has 1 aliphatic rings. The number of rotatable bonds is 3. The summed E-state index contributed by atoms with van der Waals surface area (Å²) >= 11 is 0. The molecule has 2 atom stereocenters. The summed E-state index contributed by atoms with van der Waals surface area (Å²) in [6, 6.07) is 0.429. The first-order chi connectivity index (χ1) is 7.47. The van der Waals surface area contributed by atoms with Crippen LogP contribution in [0.25, 0.3) is 0 Å². The predicted molar refractivity (Wildman–Crippen MR) is 62.1 cm³/mol. The van der Waals surface area contributed by atoms with E-state index in [4.69, 9.17) is 0 Å². The second kappa shape index (κ2) is 5.64. The molecule has 1 rings (SSSR count). The minimum absolute atomic E-state index is 0.362. The molecule has 0 aromatic rings. The highest BCUT2D eigenvalue weighted by atomic mass is 16.5. The summed E-state index contributed by atoms with van der Waals surface area (Å²) in [5, 5.41) is 10.0. The van der Waals surface area contributed by atoms with Gasteiger partial charge in [-0.3, -0.25) is 4.90 Å². The van der Waals surface area contributed by atoms with Crippen LogP contribution < -0.4 is 0 Å². The van der Waals surface area contributed by atoms with Crippen LogP contribution in [0.3, 0.4) is 0 Å². The lowest BCUT2D eigenvalue weighted by atomic mass is 10.1. The Morgan fingerprint density at radius 1 is 1.50 bits per heavy atom. The zero-order valence-electron chi connectivity index (χ0n) is 10.5. The number of carbonyl (C=O) groups excluding carboxylic acids is 1. The van der Waals surface area contributed by atoms with E-state index in [0.29, 0.717) is 12.6 Å². The SMILES string of the molecule is COC(=O)C(C)(O)CN1CCCCCC1C. The van der Waals surface area contributed by atoms with E-state index in [2.05, 4.69) is 16.6 Å². The fourth-order valence-electron chi connectivity index (χ4n) is 2.25. The molecule has 0 aromatic heterocycles. The third-order valence-electron chi connectivity index (χ3n) is 3.33. The summed E-state index contributed by atoms with van der Waals surface area (Å²) in [4.78, 5) is 13.6. The summed E-state index contributed by atoms with van der Waals surface area (Å²) in [5.74, 6) is -0.552. The molecule has 0 aromatic carbocycles. The van der Waals surface area contributed by atoms with E-state index in [1.807, 2.05) is 0 Å². The van der Waals surface area contributed by atoms with Gasteiger partial charge < -0.3 is 9.84 Å². The zero-order valence-corrected chi connectivity index (χ0v) is 10.5. The Labute approximate surface area is 97.6 Å². The van der Waals surface area contributed by atoms with Gasteiger partial charge >= 0.3 is 5.97 Å². The van der Waals surface area contributed by atoms with Crippen molar-refractivity contribution in [1.29, 1.82) is 0 Å². The van der Waals surface area contributed by atoms with Crippen LogP contribution in [0.4, 0.5) is 0 Å². The van der Waals surface area contributed by atoms with Crippen LogP contribution in [0.2, 0.25) is 0 Å². The fraction of sp³-hybridized carbons (Fsp3) is 0.917. The maximum absolute atomic E-state index is 11.4. The van der Waals surface area contributed by atoms with Gasteiger partial charge in [0.05, 0.1) is 7.11 Å². The van der Waals surface area contributed by atoms with E-state index in [9.17, 15) is 9.90 Å². The predicted octanol–water partition coefficient (Wildman–Crippen LogP) is 1.17. The van der Waals surface area contributed by atoms with E-state index >= 15 is 0 Å². The average Bonchev–Trinajstić information content (AvgIpc) is 2.43. The Balaban J connectivity index is 2.59. The van der Waals surface area contributed by atoms with Crippen molar-refractivity contribution in [2.75, 3.05) is 20.2 Å². The van der Waals surface area contributed by atoms with Crippen molar-refractivity contribution in [3.8, 4) is 0 Å². The third kappa shape index (κ3) is 3.46. The van der Waals surface area contributed by atoms with E-state index in [1.54, 1.807) is 0 Å². The van der Waals surface area contributed by atoms with Gasteiger partial charge in [-0.1, -0.05) is 12.8 Å². The second-order valence-electron chi connectivity index (χ2n) is 4.93. The van der Waals surface area contributed by atoms with Gasteiger partial charge in [-0.2, -0.15) is 0 Å². The summed E-state index contributed by atoms with van der Waals surface area (Å²) in [6.45, 7) is 4.99. The molecule has 0 bridgehead atoms. The van der Waals surface area contributed by atoms with Gasteiger partial charge in [-0.05, 0) is 33.2 Å². The number of hydrogen-bond acceptors (Lipinski definition) is 4. The molecule has 94 valence electrons. The van der Waals surface area contributed by atoms with Gasteiger partial charge in [0.2, 0.25) is 0 Å². The number of esters is 1. The molecule has 1 aliphatic heterocycles. The molecule has 1 heterocycles. The van der Waals surface area contributed by atoms with Gasteiger partial charge in [0.25, 0.3) is 0 Å². The van der Waals surface area contributed by atoms with E-state index in [1.165, 1.54) is 26.9 Å². The molecule has 0 amide bonds. The quantitative estimate of drug-likeness (QED) is 0.738. The monoisotopic (exact) mass is 229 g/mol. The van der Waals surface area contributed by atoms with Crippen LogP contribution in [0, 0.1) is 0 Å². The first kappa shape index (κ1) is 13.5. The van der Waals surface area contributed by atoms with E-state index in [-0.39, 0.29) is 0 Å². The van der Waals surface area contributed by atoms with Crippen molar-refractivity contribution in [2.24, 2.45) is 0 Å². The molecular weight excluding hydrogens is 206 g/mol. The minimum Gasteiger partial charge on any atom is -0.467 e. The van der Waals surface area contributed by atoms with Gasteiger partial charge in [0.15, 0.2) is 5.60 Å². The normalized spacial score (nSPS) is 26.9. The molecule has 1 fully saturated rings. The number of hydrogen-bond donors (Lipinski definition) is 1. The first-order valence-corrected chi connectivity index (χ1v) is 6.02. The van der Waals surface area contributed by atoms with Crippen LogP contribution in [0.1, 0.15) is 39.5 Å². The van der Waals surface area contributed by atoms with Crippen LogP contribution in [-0.2, 0) is 9.53 Å². The van der Waals surface area contributed by atoms with Gasteiger partial charge in [-0.15, -0.1) is 0 Å². The van der Waals surface area contributed by atoms with Gasteiger partial charge in [-0.25, -0.2) is 4.79 Å². The van der Waals surface area contributed by atoms with Crippen molar-refractivity contribution in [1.82, 2.24) is 4.90 Å². The molecule has 16 heavy (non-hydrogen) atoms. The van der Waals surface area contributed by atoms with Gasteiger partial charge in [0.1, 0.15) is 0 Å². The van der Waals surface area contributed by atoms with Crippen molar-refractivity contribution >= 4 is 5.97 Å². The van der Waals surface area contributed by atoms with Crippen molar-refractivity contribution in [3.05, 3.63) is 0 Å². The topological polar surface area (TPSA) is 49.8 Å². The number of β-amino-alcohol motifs (C(OH)–C–C–N with tert-alkyl or cyclic N) is 1. The van der Waals surface area contributed by atoms with Crippen molar-refractivity contribution in [3.63, 3.8) is 0 Å². The molecule has 0 spiro atoms. The molecule has 0 aliphatic carbocycles. The lowest BCUT2D eigenvalue weighted by Gasteiger charge is -2.32. The smallest absolute Gasteiger partial charge is 0.338 e. The molecular formula is C12H23NO3. The number of aliphatic hydroxyl groups is 1. The summed E-state index contributed by atoms with van der Waals surface area (Å²) in [6.07, 6.45) is 4.75. The highest BCUT2D eigenvalue weighted by Gasteiger charge is 2.35. The molecule has 0 radical (unpaired) electrons. The molecule has 2 unspecified atom stereocenters. The van der Waals surface area contributed by atoms with Crippen molar-refractivity contribution in [2.45, 2.75) is 51.2 Å². The lowest BCUT2D eigenvalue weighted by Crippen LogP contribution is -2.49. The van der Waals surface area contributed by atoms with Crippen LogP contribution in [-0.4, -0.2) is 47.8 Å². The Morgan fingerprint density at radius 2 is 2.19 bits per heavy atom. The number of ether oxygens (including phenoxy) is 1. The summed E-state index contributed by atoms with van der Waals surface area (Å²) in [7, 11) is 1.31. The Kier molecular flexibility index (Phi) is 4.74. The minimum atomic E-state index is -1.40. The number of carbonyl (C=O) groups is 1. The fourth-order valence-corrected chi connectivity index (χ4v) is 2.25. The average molecular weight is 229 g/mol. The zero-order chi connectivity index (χ0) is 12.2. The Hall–Kier alpha value is -0.610. The van der Waals surface area contributed by atoms with E-state index in [0.717, 1.165) is 19.4 Å². The largest absolute Gasteiger partial charge is 0.467 e. The molecule has 1 N–H and O–H groups in total. The highest BCUT2D eigenvalue weighted by molar-refractivity contribution is 5.78. The van der Waals surface area contributed by atoms with Crippen LogP contribution in [0.15, 0.2) is 0 Å². The van der Waals surface area contributed by atoms with Crippen LogP contribution in [0.5, 0.6) is 0 Å². The third-order valence-corrected chi connectivity index (χ3v) is 3.33. The number of likely N-dealkylation sites (tertiary alicyclic amines) is 1. The molecule has 0 saturated carbocycles. The van der Waals surface area contributed by atoms with Crippen LogP contribution >= 0.6 is 0 Å². The Morgan fingerprint density at radius 3 is 2.81 bits per heavy atom. The highest BCUT2D eigenvalue weighted by Crippen LogP contribution is 2.19. The van der Waals surface area contributed by atoms with E-state index < -0.39 is 11.6 Å². The molecule has 4 nitrogen and oxygen atoms in total. The van der Waals surface area contributed by atoms with Gasteiger partial charge in [0, 0.05) is 12.6 Å².